The van der Waals surface area contributed by atoms with Crippen LogP contribution in [-0.4, -0.2) is 36.8 Å². The van der Waals surface area contributed by atoms with Gasteiger partial charge in [-0.25, -0.2) is 8.42 Å². The van der Waals surface area contributed by atoms with Gasteiger partial charge < -0.3 is 14.8 Å². The van der Waals surface area contributed by atoms with E-state index in [1.807, 2.05) is 6.07 Å². The summed E-state index contributed by atoms with van der Waals surface area (Å²) < 4.78 is 31.6. The Balaban J connectivity index is 1.62. The van der Waals surface area contributed by atoms with Crippen molar-refractivity contribution in [2.45, 2.75) is 31.4 Å². The van der Waals surface area contributed by atoms with E-state index in [4.69, 9.17) is 4.42 Å². The van der Waals surface area contributed by atoms with E-state index in [0.717, 1.165) is 9.75 Å². The van der Waals surface area contributed by atoms with Gasteiger partial charge in [0.25, 0.3) is 5.91 Å². The topological polar surface area (TPSA) is 99.9 Å². The number of thiophene rings is 1. The number of nitrogens with one attached hydrogen (secondary N) is 1. The highest BCUT2D eigenvalue weighted by atomic mass is 32.2. The number of carbonyl (C=O) groups is 1. The molecular weight excluding hydrogens is 424 g/mol. The van der Waals surface area contributed by atoms with E-state index in [1.54, 1.807) is 32.0 Å². The van der Waals surface area contributed by atoms with Crippen LogP contribution in [0.25, 0.3) is 0 Å². The van der Waals surface area contributed by atoms with E-state index in [1.165, 1.54) is 46.2 Å². The number of amides is 1. The molecule has 1 unspecified atom stereocenters. The second kappa shape index (κ2) is 9.57. The molecule has 0 spiro atoms. The lowest BCUT2D eigenvalue weighted by atomic mass is 10.2. The van der Waals surface area contributed by atoms with Gasteiger partial charge in [0.1, 0.15) is 11.9 Å². The normalized spacial score (nSPS) is 12.8. The summed E-state index contributed by atoms with van der Waals surface area (Å²) in [6.07, 6.45) is 0.668. The molecule has 7 nitrogen and oxygen atoms in total. The molecule has 9 heteroatoms. The molecule has 0 saturated heterocycles. The number of aliphatic hydroxyl groups is 1. The number of hydrogen-bond acceptors (Lipinski definition) is 6. The quantitative estimate of drug-likeness (QED) is 0.523. The second-order valence-corrected chi connectivity index (χ2v) is 9.66. The van der Waals surface area contributed by atoms with Gasteiger partial charge in [-0.2, -0.15) is 4.31 Å². The van der Waals surface area contributed by atoms with Crippen molar-refractivity contribution in [3.63, 3.8) is 0 Å². The number of benzene rings is 1. The van der Waals surface area contributed by atoms with E-state index >= 15 is 0 Å². The van der Waals surface area contributed by atoms with Crippen LogP contribution in [0.4, 0.5) is 0 Å². The Morgan fingerprint density at radius 3 is 2.43 bits per heavy atom. The van der Waals surface area contributed by atoms with Gasteiger partial charge in [0.2, 0.25) is 10.0 Å². The Kier molecular flexibility index (Phi) is 7.09. The summed E-state index contributed by atoms with van der Waals surface area (Å²) in [5, 5.41) is 13.1. The molecule has 30 heavy (non-hydrogen) atoms. The Morgan fingerprint density at radius 1 is 1.13 bits per heavy atom. The van der Waals surface area contributed by atoms with E-state index in [9.17, 15) is 18.3 Å². The molecule has 2 heterocycles. The van der Waals surface area contributed by atoms with Gasteiger partial charge in [-0.3, -0.25) is 4.79 Å². The van der Waals surface area contributed by atoms with Crippen molar-refractivity contribution in [3.8, 4) is 0 Å². The van der Waals surface area contributed by atoms with Crippen LogP contribution in [0, 0.1) is 0 Å². The molecule has 0 saturated carbocycles. The first-order valence-electron chi connectivity index (χ1n) is 9.55. The van der Waals surface area contributed by atoms with Gasteiger partial charge in [0, 0.05) is 28.4 Å². The molecule has 0 fully saturated rings. The van der Waals surface area contributed by atoms with Crippen LogP contribution in [0.3, 0.4) is 0 Å². The molecule has 0 radical (unpaired) electrons. The van der Waals surface area contributed by atoms with E-state index in [2.05, 4.69) is 5.32 Å². The number of hydrogen-bond donors (Lipinski definition) is 2. The Labute approximate surface area is 180 Å². The highest BCUT2D eigenvalue weighted by molar-refractivity contribution is 7.89. The maximum absolute atomic E-state index is 12.5. The largest absolute Gasteiger partial charge is 0.466 e. The minimum Gasteiger partial charge on any atom is -0.466 e. The lowest BCUT2D eigenvalue weighted by Gasteiger charge is -2.18. The fourth-order valence-electron chi connectivity index (χ4n) is 2.98. The standard InChI is InChI=1S/C21H24N2O5S2/c1-3-23(4-2)30(26,27)17-10-7-15(8-11-17)21(25)22-14-16-9-12-19(29-16)20(24)18-6-5-13-28-18/h5-13,20,24H,3-4,14H2,1-2H3,(H,22,25). The first-order valence-corrected chi connectivity index (χ1v) is 11.8. The minimum atomic E-state index is -3.55. The molecule has 2 N–H and O–H groups in total. The number of carbonyl (C=O) groups excluding carboxylic acids is 1. The predicted octanol–water partition coefficient (Wildman–Crippen LogP) is 3.38. The molecule has 0 aliphatic rings. The zero-order valence-corrected chi connectivity index (χ0v) is 18.4. The first kappa shape index (κ1) is 22.2. The number of sulfonamides is 1. The molecule has 3 aromatic rings. The summed E-state index contributed by atoms with van der Waals surface area (Å²) in [6.45, 7) is 4.64. The summed E-state index contributed by atoms with van der Waals surface area (Å²) in [6, 6.07) is 13.0. The molecule has 0 aliphatic carbocycles. The van der Waals surface area contributed by atoms with Crippen LogP contribution in [0.15, 0.2) is 64.1 Å². The van der Waals surface area contributed by atoms with Crippen molar-refractivity contribution in [1.82, 2.24) is 9.62 Å². The lowest BCUT2D eigenvalue weighted by molar-refractivity contribution is 0.0951. The van der Waals surface area contributed by atoms with Gasteiger partial charge in [0.15, 0.2) is 0 Å². The molecule has 1 amide bonds. The molecular formula is C21H24N2O5S2. The number of nitrogens with zero attached hydrogens (tertiary/aromatic N) is 1. The monoisotopic (exact) mass is 448 g/mol. The van der Waals surface area contributed by atoms with Crippen LogP contribution in [-0.2, 0) is 16.6 Å². The van der Waals surface area contributed by atoms with Gasteiger partial charge >= 0.3 is 0 Å². The Bertz CT molecular complexity index is 1070. The molecule has 160 valence electrons. The summed E-state index contributed by atoms with van der Waals surface area (Å²) in [7, 11) is -3.55. The number of furan rings is 1. The molecule has 1 atom stereocenters. The predicted molar refractivity (Wildman–Crippen MR) is 115 cm³/mol. The lowest BCUT2D eigenvalue weighted by Crippen LogP contribution is -2.30. The second-order valence-electron chi connectivity index (χ2n) is 6.52. The van der Waals surface area contributed by atoms with E-state index < -0.39 is 16.1 Å². The third-order valence-corrected chi connectivity index (χ3v) is 7.85. The van der Waals surface area contributed by atoms with Crippen LogP contribution in [0.2, 0.25) is 0 Å². The van der Waals surface area contributed by atoms with Crippen molar-refractivity contribution in [2.75, 3.05) is 13.1 Å². The summed E-state index contributed by atoms with van der Waals surface area (Å²) >= 11 is 1.38. The first-order chi connectivity index (χ1) is 14.4. The average Bonchev–Trinajstić information content (AvgIpc) is 3.44. The fourth-order valence-corrected chi connectivity index (χ4v) is 5.39. The summed E-state index contributed by atoms with van der Waals surface area (Å²) in [5.41, 5.74) is 0.376. The molecule has 2 aromatic heterocycles. The number of aliphatic hydroxyl groups excluding tert-OH is 1. The summed E-state index contributed by atoms with van der Waals surface area (Å²) in [5.74, 6) is 0.163. The Morgan fingerprint density at radius 2 is 1.83 bits per heavy atom. The van der Waals surface area contributed by atoms with E-state index in [0.29, 0.717) is 31.0 Å². The Hall–Kier alpha value is -2.46. The molecule has 1 aromatic carbocycles. The maximum atomic E-state index is 12.5. The van der Waals surface area contributed by atoms with Gasteiger partial charge in [-0.15, -0.1) is 11.3 Å². The van der Waals surface area contributed by atoms with Gasteiger partial charge in [-0.1, -0.05) is 13.8 Å². The highest BCUT2D eigenvalue weighted by Gasteiger charge is 2.21. The molecule has 0 bridgehead atoms. The molecule has 3 rings (SSSR count). The van der Waals surface area contributed by atoms with E-state index in [-0.39, 0.29) is 10.8 Å². The fraction of sp³-hybridized carbons (Fsp3) is 0.286. The van der Waals surface area contributed by atoms with Crippen molar-refractivity contribution < 1.29 is 22.7 Å². The highest BCUT2D eigenvalue weighted by Crippen LogP contribution is 2.28. The zero-order valence-electron chi connectivity index (χ0n) is 16.7. The smallest absolute Gasteiger partial charge is 0.251 e. The average molecular weight is 449 g/mol. The SMILES string of the molecule is CCN(CC)S(=O)(=O)c1ccc(C(=O)NCc2ccc(C(O)c3ccco3)s2)cc1. The van der Waals surface area contributed by atoms with Crippen LogP contribution in [0.1, 0.15) is 45.8 Å². The summed E-state index contributed by atoms with van der Waals surface area (Å²) in [4.78, 5) is 14.2. The van der Waals surface area contributed by atoms with Gasteiger partial charge in [0.05, 0.1) is 17.7 Å². The van der Waals surface area contributed by atoms with Crippen molar-refractivity contribution in [3.05, 3.63) is 75.9 Å². The van der Waals surface area contributed by atoms with Crippen LogP contribution in [0.5, 0.6) is 0 Å². The van der Waals surface area contributed by atoms with Gasteiger partial charge in [-0.05, 0) is 48.5 Å². The van der Waals surface area contributed by atoms with Crippen LogP contribution >= 0.6 is 11.3 Å². The third-order valence-electron chi connectivity index (χ3n) is 4.65. The molecule has 0 aliphatic heterocycles. The minimum absolute atomic E-state index is 0.164. The van der Waals surface area contributed by atoms with Crippen LogP contribution < -0.4 is 5.32 Å². The number of rotatable bonds is 9. The van der Waals surface area contributed by atoms with Crippen molar-refractivity contribution in [2.24, 2.45) is 0 Å². The van der Waals surface area contributed by atoms with Crippen molar-refractivity contribution >= 4 is 27.3 Å². The van der Waals surface area contributed by atoms with Crippen molar-refractivity contribution in [1.29, 1.82) is 0 Å². The zero-order chi connectivity index (χ0) is 21.7. The maximum Gasteiger partial charge on any atom is 0.251 e. The third kappa shape index (κ3) is 4.81.